The van der Waals surface area contributed by atoms with E-state index in [0.717, 1.165) is 31.4 Å². The molecule has 0 radical (unpaired) electrons. The molecule has 1 aromatic rings. The van der Waals surface area contributed by atoms with Crippen LogP contribution in [0.1, 0.15) is 26.2 Å². The van der Waals surface area contributed by atoms with Crippen molar-refractivity contribution in [2.24, 2.45) is 0 Å². The van der Waals surface area contributed by atoms with Crippen molar-refractivity contribution in [3.8, 4) is 5.75 Å². The van der Waals surface area contributed by atoms with E-state index in [1.807, 2.05) is 30.3 Å². The highest BCUT2D eigenvalue weighted by Gasteiger charge is 2.26. The maximum absolute atomic E-state index is 11.1. The summed E-state index contributed by atoms with van der Waals surface area (Å²) in [5.41, 5.74) is 0. The van der Waals surface area contributed by atoms with E-state index < -0.39 is 0 Å². The Labute approximate surface area is 109 Å². The summed E-state index contributed by atoms with van der Waals surface area (Å²) in [7, 11) is 0. The lowest BCUT2D eigenvalue weighted by Crippen LogP contribution is -2.47. The van der Waals surface area contributed by atoms with Gasteiger partial charge in [0.2, 0.25) is 0 Å². The first-order valence-corrected chi connectivity index (χ1v) is 6.70. The van der Waals surface area contributed by atoms with Crippen LogP contribution in [0, 0.1) is 0 Å². The molecule has 0 bridgehead atoms. The Morgan fingerprint density at radius 1 is 1.33 bits per heavy atom. The van der Waals surface area contributed by atoms with Crippen LogP contribution >= 0.6 is 0 Å². The number of piperidine rings is 1. The van der Waals surface area contributed by atoms with E-state index in [-0.39, 0.29) is 6.04 Å². The molecular weight excluding hydrogens is 226 g/mol. The van der Waals surface area contributed by atoms with E-state index in [9.17, 15) is 4.79 Å². The number of likely N-dealkylation sites (tertiary alicyclic amines) is 1. The second-order valence-electron chi connectivity index (χ2n) is 4.88. The van der Waals surface area contributed by atoms with Crippen LogP contribution in [0.3, 0.4) is 0 Å². The fraction of sp³-hybridized carbons (Fsp3) is 0.533. The van der Waals surface area contributed by atoms with Crippen LogP contribution in [0.2, 0.25) is 0 Å². The lowest BCUT2D eigenvalue weighted by atomic mass is 9.97. The summed E-state index contributed by atoms with van der Waals surface area (Å²) >= 11 is 0. The Kier molecular flexibility index (Phi) is 4.76. The van der Waals surface area contributed by atoms with Crippen molar-refractivity contribution in [2.45, 2.75) is 38.3 Å². The molecule has 2 atom stereocenters. The van der Waals surface area contributed by atoms with Gasteiger partial charge in [0, 0.05) is 12.6 Å². The van der Waals surface area contributed by atoms with E-state index in [1.54, 1.807) is 0 Å². The second kappa shape index (κ2) is 6.55. The van der Waals surface area contributed by atoms with Crippen molar-refractivity contribution >= 4 is 6.29 Å². The van der Waals surface area contributed by atoms with E-state index >= 15 is 0 Å². The zero-order chi connectivity index (χ0) is 12.8. The van der Waals surface area contributed by atoms with Crippen molar-refractivity contribution in [3.05, 3.63) is 30.3 Å². The summed E-state index contributed by atoms with van der Waals surface area (Å²) in [4.78, 5) is 13.3. The van der Waals surface area contributed by atoms with Gasteiger partial charge in [0.05, 0.1) is 6.04 Å². The maximum Gasteiger partial charge on any atom is 0.137 e. The number of benzene rings is 1. The summed E-state index contributed by atoms with van der Waals surface area (Å²) < 4.78 is 5.69. The number of carbonyl (C=O) groups excluding carboxylic acids is 1. The Balaban J connectivity index is 1.82. The highest BCUT2D eigenvalue weighted by molar-refractivity contribution is 5.57. The highest BCUT2D eigenvalue weighted by atomic mass is 16.5. The molecule has 0 amide bonds. The van der Waals surface area contributed by atoms with Gasteiger partial charge in [-0.1, -0.05) is 18.2 Å². The standard InChI is InChI=1S/C15H21NO2/c1-13-6-5-7-14(12-17)16(13)10-11-18-15-8-3-2-4-9-15/h2-4,8-9,12-14H,5-7,10-11H2,1H3/t13-,14-/m0/s1. The molecule has 1 fully saturated rings. The number of nitrogens with zero attached hydrogens (tertiary/aromatic N) is 1. The van der Waals surface area contributed by atoms with Crippen LogP contribution in [0.5, 0.6) is 5.75 Å². The largest absolute Gasteiger partial charge is 0.492 e. The van der Waals surface area contributed by atoms with Gasteiger partial charge in [-0.25, -0.2) is 0 Å². The smallest absolute Gasteiger partial charge is 0.137 e. The van der Waals surface area contributed by atoms with E-state index in [1.165, 1.54) is 6.42 Å². The van der Waals surface area contributed by atoms with Crippen LogP contribution in [-0.2, 0) is 4.79 Å². The average molecular weight is 247 g/mol. The normalized spacial score (nSPS) is 24.7. The van der Waals surface area contributed by atoms with Crippen LogP contribution in [0.4, 0.5) is 0 Å². The number of hydrogen-bond acceptors (Lipinski definition) is 3. The first kappa shape index (κ1) is 13.1. The van der Waals surface area contributed by atoms with Crippen LogP contribution < -0.4 is 4.74 Å². The number of rotatable bonds is 5. The molecule has 0 spiro atoms. The van der Waals surface area contributed by atoms with E-state index in [0.29, 0.717) is 12.6 Å². The molecule has 0 saturated carbocycles. The fourth-order valence-electron chi connectivity index (χ4n) is 2.60. The predicted octanol–water partition coefficient (Wildman–Crippen LogP) is 2.51. The topological polar surface area (TPSA) is 29.5 Å². The molecule has 0 N–H and O–H groups in total. The van der Waals surface area contributed by atoms with Gasteiger partial charge in [0.1, 0.15) is 18.6 Å². The summed E-state index contributed by atoms with van der Waals surface area (Å²) in [6.07, 6.45) is 4.40. The van der Waals surface area contributed by atoms with Crippen LogP contribution in [0.25, 0.3) is 0 Å². The third kappa shape index (κ3) is 3.33. The Morgan fingerprint density at radius 2 is 2.11 bits per heavy atom. The molecule has 98 valence electrons. The number of hydrogen-bond donors (Lipinski definition) is 0. The number of aldehydes is 1. The van der Waals surface area contributed by atoms with Gasteiger partial charge in [-0.3, -0.25) is 4.90 Å². The number of carbonyl (C=O) groups is 1. The van der Waals surface area contributed by atoms with Crippen LogP contribution in [-0.4, -0.2) is 36.4 Å². The van der Waals surface area contributed by atoms with Gasteiger partial charge in [-0.05, 0) is 38.3 Å². The van der Waals surface area contributed by atoms with Gasteiger partial charge in [0.15, 0.2) is 0 Å². The summed E-state index contributed by atoms with van der Waals surface area (Å²) in [5.74, 6) is 0.893. The maximum atomic E-state index is 11.1. The van der Waals surface area contributed by atoms with Gasteiger partial charge >= 0.3 is 0 Å². The minimum Gasteiger partial charge on any atom is -0.492 e. The van der Waals surface area contributed by atoms with E-state index in [4.69, 9.17) is 4.74 Å². The van der Waals surface area contributed by atoms with Crippen molar-refractivity contribution in [1.82, 2.24) is 4.90 Å². The van der Waals surface area contributed by atoms with Gasteiger partial charge in [-0.15, -0.1) is 0 Å². The second-order valence-corrected chi connectivity index (χ2v) is 4.88. The van der Waals surface area contributed by atoms with Gasteiger partial charge in [0.25, 0.3) is 0 Å². The number of ether oxygens (including phenoxy) is 1. The van der Waals surface area contributed by atoms with Crippen molar-refractivity contribution in [1.29, 1.82) is 0 Å². The van der Waals surface area contributed by atoms with Crippen molar-refractivity contribution in [3.63, 3.8) is 0 Å². The minimum absolute atomic E-state index is 0.0770. The molecule has 1 aliphatic rings. The molecule has 0 aromatic heterocycles. The molecule has 0 unspecified atom stereocenters. The highest BCUT2D eigenvalue weighted by Crippen LogP contribution is 2.21. The Bertz CT molecular complexity index is 366. The van der Waals surface area contributed by atoms with E-state index in [2.05, 4.69) is 11.8 Å². The first-order chi connectivity index (χ1) is 8.81. The predicted molar refractivity (Wildman–Crippen MR) is 71.8 cm³/mol. The summed E-state index contributed by atoms with van der Waals surface area (Å²) in [6, 6.07) is 10.4. The average Bonchev–Trinajstić information content (AvgIpc) is 2.41. The van der Waals surface area contributed by atoms with Gasteiger partial charge in [-0.2, -0.15) is 0 Å². The third-order valence-electron chi connectivity index (χ3n) is 3.63. The fourth-order valence-corrected chi connectivity index (χ4v) is 2.60. The molecule has 18 heavy (non-hydrogen) atoms. The molecule has 3 nitrogen and oxygen atoms in total. The third-order valence-corrected chi connectivity index (χ3v) is 3.63. The zero-order valence-electron chi connectivity index (χ0n) is 10.9. The monoisotopic (exact) mass is 247 g/mol. The molecular formula is C15H21NO2. The quantitative estimate of drug-likeness (QED) is 0.749. The summed E-state index contributed by atoms with van der Waals surface area (Å²) in [5, 5.41) is 0. The molecule has 1 heterocycles. The summed E-state index contributed by atoms with van der Waals surface area (Å²) in [6.45, 7) is 3.65. The molecule has 1 saturated heterocycles. The molecule has 1 aromatic carbocycles. The lowest BCUT2D eigenvalue weighted by Gasteiger charge is -2.37. The molecule has 1 aliphatic heterocycles. The molecule has 2 rings (SSSR count). The Hall–Kier alpha value is -1.35. The zero-order valence-corrected chi connectivity index (χ0v) is 10.9. The van der Waals surface area contributed by atoms with Crippen molar-refractivity contribution < 1.29 is 9.53 Å². The van der Waals surface area contributed by atoms with Crippen LogP contribution in [0.15, 0.2) is 30.3 Å². The minimum atomic E-state index is 0.0770. The SMILES string of the molecule is C[C@H]1CCC[C@@H](C=O)N1CCOc1ccccc1. The molecule has 3 heteroatoms. The number of para-hydroxylation sites is 1. The lowest BCUT2D eigenvalue weighted by molar-refractivity contribution is -0.114. The Morgan fingerprint density at radius 3 is 2.83 bits per heavy atom. The molecule has 0 aliphatic carbocycles. The van der Waals surface area contributed by atoms with Gasteiger partial charge < -0.3 is 9.53 Å². The first-order valence-electron chi connectivity index (χ1n) is 6.70. The van der Waals surface area contributed by atoms with Crippen molar-refractivity contribution in [2.75, 3.05) is 13.2 Å².